The summed E-state index contributed by atoms with van der Waals surface area (Å²) in [4.78, 5) is 23.6. The highest BCUT2D eigenvalue weighted by Crippen LogP contribution is 2.32. The molecule has 5 heteroatoms. The quantitative estimate of drug-likeness (QED) is 0.722. The molecule has 0 aromatic heterocycles. The summed E-state index contributed by atoms with van der Waals surface area (Å²) in [5, 5.41) is 12.2. The van der Waals surface area contributed by atoms with E-state index >= 15 is 0 Å². The Morgan fingerprint density at radius 3 is 2.16 bits per heavy atom. The summed E-state index contributed by atoms with van der Waals surface area (Å²) >= 11 is 0. The van der Waals surface area contributed by atoms with Gasteiger partial charge in [0.2, 0.25) is 5.91 Å². The number of hydrogen-bond donors (Lipinski definition) is 3. The zero-order chi connectivity index (χ0) is 14.8. The number of amides is 1. The van der Waals surface area contributed by atoms with Crippen LogP contribution < -0.4 is 11.1 Å². The van der Waals surface area contributed by atoms with Crippen molar-refractivity contribution in [2.24, 2.45) is 17.1 Å². The summed E-state index contributed by atoms with van der Waals surface area (Å²) in [5.74, 6) is -1.24. The van der Waals surface area contributed by atoms with Crippen LogP contribution in [0, 0.1) is 11.3 Å². The molecule has 0 spiro atoms. The molecule has 2 atom stereocenters. The highest BCUT2D eigenvalue weighted by Gasteiger charge is 2.45. The van der Waals surface area contributed by atoms with E-state index in [1.807, 2.05) is 0 Å². The normalized spacial score (nSPS) is 24.9. The van der Waals surface area contributed by atoms with E-state index in [1.54, 1.807) is 27.7 Å². The number of carboxylic acids is 1. The molecule has 0 saturated heterocycles. The van der Waals surface area contributed by atoms with E-state index in [-0.39, 0.29) is 17.9 Å². The van der Waals surface area contributed by atoms with Gasteiger partial charge in [0.1, 0.15) is 0 Å². The first-order valence-electron chi connectivity index (χ1n) is 6.90. The van der Waals surface area contributed by atoms with E-state index < -0.39 is 16.9 Å². The third-order valence-corrected chi connectivity index (χ3v) is 4.69. The van der Waals surface area contributed by atoms with E-state index in [1.165, 1.54) is 0 Å². The third-order valence-electron chi connectivity index (χ3n) is 4.69. The second-order valence-corrected chi connectivity index (χ2v) is 6.60. The van der Waals surface area contributed by atoms with Crippen LogP contribution in [0.5, 0.6) is 0 Å². The number of nitrogens with two attached hydrogens (primary N) is 1. The second kappa shape index (κ2) is 5.49. The number of carbonyl (C=O) groups is 2. The minimum atomic E-state index is -1.04. The van der Waals surface area contributed by atoms with Gasteiger partial charge in [0, 0.05) is 11.6 Å². The highest BCUT2D eigenvalue weighted by molar-refractivity contribution is 5.82. The van der Waals surface area contributed by atoms with Crippen LogP contribution in [0.4, 0.5) is 0 Å². The molecule has 1 saturated carbocycles. The molecule has 1 aliphatic carbocycles. The molecule has 1 rings (SSSR count). The predicted molar refractivity (Wildman–Crippen MR) is 73.6 cm³/mol. The second-order valence-electron chi connectivity index (χ2n) is 6.60. The van der Waals surface area contributed by atoms with Crippen LogP contribution >= 0.6 is 0 Å². The molecule has 5 nitrogen and oxygen atoms in total. The van der Waals surface area contributed by atoms with Gasteiger partial charge in [-0.15, -0.1) is 0 Å². The van der Waals surface area contributed by atoms with Crippen LogP contribution in [0.15, 0.2) is 0 Å². The molecule has 4 N–H and O–H groups in total. The van der Waals surface area contributed by atoms with Gasteiger partial charge in [-0.25, -0.2) is 0 Å². The maximum Gasteiger partial charge on any atom is 0.311 e. The lowest BCUT2D eigenvalue weighted by atomic mass is 9.73. The van der Waals surface area contributed by atoms with Gasteiger partial charge < -0.3 is 16.2 Å². The van der Waals surface area contributed by atoms with Crippen LogP contribution in [0.1, 0.15) is 53.4 Å². The molecule has 1 fully saturated rings. The lowest BCUT2D eigenvalue weighted by molar-refractivity contribution is -0.152. The summed E-state index contributed by atoms with van der Waals surface area (Å²) in [6.45, 7) is 6.73. The molecule has 19 heavy (non-hydrogen) atoms. The van der Waals surface area contributed by atoms with Crippen molar-refractivity contribution in [3.63, 3.8) is 0 Å². The zero-order valence-electron chi connectivity index (χ0n) is 12.3. The Hall–Kier alpha value is -1.10. The fourth-order valence-electron chi connectivity index (χ4n) is 2.31. The van der Waals surface area contributed by atoms with Crippen LogP contribution in [-0.2, 0) is 9.59 Å². The Bertz CT molecular complexity index is 364. The van der Waals surface area contributed by atoms with Crippen molar-refractivity contribution in [3.8, 4) is 0 Å². The largest absolute Gasteiger partial charge is 0.481 e. The van der Waals surface area contributed by atoms with Gasteiger partial charge in [0.05, 0.1) is 11.3 Å². The van der Waals surface area contributed by atoms with Crippen LogP contribution in [0.25, 0.3) is 0 Å². The fraction of sp³-hybridized carbons (Fsp3) is 0.857. The van der Waals surface area contributed by atoms with Gasteiger partial charge in [0.15, 0.2) is 0 Å². The minimum Gasteiger partial charge on any atom is -0.481 e. The highest BCUT2D eigenvalue weighted by atomic mass is 16.4. The Morgan fingerprint density at radius 2 is 1.68 bits per heavy atom. The van der Waals surface area contributed by atoms with Crippen molar-refractivity contribution < 1.29 is 14.7 Å². The van der Waals surface area contributed by atoms with Gasteiger partial charge >= 0.3 is 5.97 Å². The minimum absolute atomic E-state index is 0.113. The molecule has 1 amide bonds. The molecule has 2 unspecified atom stereocenters. The maximum absolute atomic E-state index is 12.3. The first-order chi connectivity index (χ1) is 8.59. The topological polar surface area (TPSA) is 92.4 Å². The van der Waals surface area contributed by atoms with Crippen molar-refractivity contribution >= 4 is 11.9 Å². The van der Waals surface area contributed by atoms with Gasteiger partial charge in [-0.3, -0.25) is 9.59 Å². The van der Waals surface area contributed by atoms with Crippen LogP contribution in [0.3, 0.4) is 0 Å². The molecule has 0 aromatic rings. The van der Waals surface area contributed by atoms with Crippen LogP contribution in [-0.4, -0.2) is 28.6 Å². The first-order valence-corrected chi connectivity index (χ1v) is 6.90. The molecule has 1 aliphatic rings. The Morgan fingerprint density at radius 1 is 1.16 bits per heavy atom. The van der Waals surface area contributed by atoms with E-state index in [0.29, 0.717) is 0 Å². The van der Waals surface area contributed by atoms with Gasteiger partial charge in [-0.1, -0.05) is 12.8 Å². The fourth-order valence-corrected chi connectivity index (χ4v) is 2.31. The Balaban J connectivity index is 2.77. The summed E-state index contributed by atoms with van der Waals surface area (Å²) in [7, 11) is 0. The standard InChI is InChI=1S/C14H26N2O3/c1-13(2,12(18)19)14(3,4)16-11(17)9-7-5-6-8-10(9)15/h9-10H,5-8,15H2,1-4H3,(H,16,17)(H,18,19). The summed E-state index contributed by atoms with van der Waals surface area (Å²) < 4.78 is 0. The van der Waals surface area contributed by atoms with Crippen molar-refractivity contribution in [3.05, 3.63) is 0 Å². The van der Waals surface area contributed by atoms with Crippen molar-refractivity contribution in [2.45, 2.75) is 65.0 Å². The first kappa shape index (κ1) is 16.0. The maximum atomic E-state index is 12.3. The number of aliphatic carboxylic acids is 1. The van der Waals surface area contributed by atoms with E-state index in [2.05, 4.69) is 5.32 Å². The Labute approximate surface area is 114 Å². The molecule has 0 radical (unpaired) electrons. The molecule has 0 heterocycles. The third kappa shape index (κ3) is 3.26. The summed E-state index contributed by atoms with van der Waals surface area (Å²) in [6.07, 6.45) is 3.72. The van der Waals surface area contributed by atoms with Crippen molar-refractivity contribution in [2.75, 3.05) is 0 Å². The predicted octanol–water partition coefficient (Wildman–Crippen LogP) is 1.51. The van der Waals surface area contributed by atoms with Gasteiger partial charge in [-0.2, -0.15) is 0 Å². The molecule has 0 aromatic carbocycles. The lowest BCUT2D eigenvalue weighted by Gasteiger charge is -2.40. The molecular weight excluding hydrogens is 244 g/mol. The average Bonchev–Trinajstić information content (AvgIpc) is 2.28. The van der Waals surface area contributed by atoms with Gasteiger partial charge in [-0.05, 0) is 40.5 Å². The number of carboxylic acid groups (broad SMARTS) is 1. The summed E-state index contributed by atoms with van der Waals surface area (Å²) in [5.41, 5.74) is 4.12. The monoisotopic (exact) mass is 270 g/mol. The number of hydrogen-bond acceptors (Lipinski definition) is 3. The van der Waals surface area contributed by atoms with E-state index in [4.69, 9.17) is 5.73 Å². The van der Waals surface area contributed by atoms with Crippen molar-refractivity contribution in [1.29, 1.82) is 0 Å². The zero-order valence-corrected chi connectivity index (χ0v) is 12.3. The molecule has 110 valence electrons. The number of rotatable bonds is 4. The van der Waals surface area contributed by atoms with E-state index in [0.717, 1.165) is 25.7 Å². The smallest absolute Gasteiger partial charge is 0.311 e. The number of carbonyl (C=O) groups excluding carboxylic acids is 1. The van der Waals surface area contributed by atoms with Crippen molar-refractivity contribution in [1.82, 2.24) is 5.32 Å². The number of nitrogens with one attached hydrogen (secondary N) is 1. The summed E-state index contributed by atoms with van der Waals surface area (Å²) in [6, 6.07) is -0.113. The average molecular weight is 270 g/mol. The lowest BCUT2D eigenvalue weighted by Crippen LogP contribution is -2.59. The Kier molecular flexibility index (Phi) is 4.61. The molecular formula is C14H26N2O3. The van der Waals surface area contributed by atoms with E-state index in [9.17, 15) is 14.7 Å². The SMILES string of the molecule is CC(C)(NC(=O)C1CCCCC1N)C(C)(C)C(=O)O. The van der Waals surface area contributed by atoms with Crippen LogP contribution in [0.2, 0.25) is 0 Å². The molecule has 0 bridgehead atoms. The molecule has 0 aliphatic heterocycles. The van der Waals surface area contributed by atoms with Gasteiger partial charge in [0.25, 0.3) is 0 Å².